The van der Waals surface area contributed by atoms with Crippen molar-refractivity contribution < 1.29 is 0 Å². The van der Waals surface area contributed by atoms with Crippen LogP contribution in [0.3, 0.4) is 0 Å². The normalized spacial score (nSPS) is 31.8. The highest BCUT2D eigenvalue weighted by Crippen LogP contribution is 2.35. The van der Waals surface area contributed by atoms with Crippen molar-refractivity contribution >= 4 is 27.3 Å². The van der Waals surface area contributed by atoms with Gasteiger partial charge in [-0.25, -0.2) is 0 Å². The van der Waals surface area contributed by atoms with Gasteiger partial charge in [-0.05, 0) is 46.1 Å². The fourth-order valence-electron chi connectivity index (χ4n) is 2.63. The maximum absolute atomic E-state index is 6.50. The highest BCUT2D eigenvalue weighted by molar-refractivity contribution is 9.10. The van der Waals surface area contributed by atoms with E-state index in [1.165, 1.54) is 35.0 Å². The Morgan fingerprint density at radius 1 is 1.67 bits per heavy atom. The molecule has 0 aliphatic heterocycles. The lowest BCUT2D eigenvalue weighted by atomic mass is 9.75. The molecule has 1 fully saturated rings. The van der Waals surface area contributed by atoms with Crippen LogP contribution >= 0.6 is 27.3 Å². The van der Waals surface area contributed by atoms with E-state index in [-0.39, 0.29) is 5.54 Å². The van der Waals surface area contributed by atoms with Gasteiger partial charge in [-0.1, -0.05) is 19.8 Å². The van der Waals surface area contributed by atoms with E-state index in [2.05, 4.69) is 34.3 Å². The first-order chi connectivity index (χ1) is 7.09. The highest BCUT2D eigenvalue weighted by atomic mass is 79.9. The predicted molar refractivity (Wildman–Crippen MR) is 70.3 cm³/mol. The summed E-state index contributed by atoms with van der Waals surface area (Å²) < 4.78 is 1.23. The minimum atomic E-state index is 0.0467. The third kappa shape index (κ3) is 2.83. The Morgan fingerprint density at radius 3 is 3.07 bits per heavy atom. The molecule has 0 radical (unpaired) electrons. The van der Waals surface area contributed by atoms with Gasteiger partial charge in [0.1, 0.15) is 0 Å². The van der Waals surface area contributed by atoms with Gasteiger partial charge in [-0.3, -0.25) is 0 Å². The Hall–Kier alpha value is 0.140. The lowest BCUT2D eigenvalue weighted by Gasteiger charge is -2.36. The zero-order valence-electron chi connectivity index (χ0n) is 9.13. The van der Waals surface area contributed by atoms with Gasteiger partial charge in [-0.2, -0.15) is 0 Å². The molecule has 0 spiro atoms. The quantitative estimate of drug-likeness (QED) is 0.875. The molecule has 84 valence electrons. The third-order valence-corrected chi connectivity index (χ3v) is 5.26. The molecule has 2 rings (SSSR count). The molecule has 1 heterocycles. The largest absolute Gasteiger partial charge is 0.325 e. The van der Waals surface area contributed by atoms with E-state index >= 15 is 0 Å². The fourth-order valence-corrected chi connectivity index (χ4v) is 4.28. The summed E-state index contributed by atoms with van der Waals surface area (Å²) >= 11 is 5.40. The number of nitrogens with two attached hydrogens (primary N) is 1. The van der Waals surface area contributed by atoms with E-state index in [4.69, 9.17) is 5.73 Å². The maximum Gasteiger partial charge on any atom is 0.0315 e. The Kier molecular flexibility index (Phi) is 3.53. The first-order valence-corrected chi connectivity index (χ1v) is 7.27. The molecular weight excluding hydrogens is 270 g/mol. The Bertz CT molecular complexity index is 336. The van der Waals surface area contributed by atoms with Crippen LogP contribution in [-0.4, -0.2) is 5.54 Å². The van der Waals surface area contributed by atoms with Crippen molar-refractivity contribution in [2.75, 3.05) is 0 Å². The van der Waals surface area contributed by atoms with Crippen molar-refractivity contribution in [2.24, 2.45) is 11.7 Å². The second-order valence-corrected chi connectivity index (χ2v) is 6.79. The summed E-state index contributed by atoms with van der Waals surface area (Å²) in [7, 11) is 0. The molecule has 1 nitrogen and oxygen atoms in total. The summed E-state index contributed by atoms with van der Waals surface area (Å²) in [5.74, 6) is 0.794. The van der Waals surface area contributed by atoms with Crippen LogP contribution in [0.5, 0.6) is 0 Å². The molecule has 1 aliphatic rings. The average molecular weight is 288 g/mol. The van der Waals surface area contributed by atoms with Crippen molar-refractivity contribution in [3.63, 3.8) is 0 Å². The Morgan fingerprint density at radius 2 is 2.47 bits per heavy atom. The topological polar surface area (TPSA) is 26.0 Å². The van der Waals surface area contributed by atoms with Crippen LogP contribution in [0.2, 0.25) is 0 Å². The number of hydrogen-bond donors (Lipinski definition) is 1. The summed E-state index contributed by atoms with van der Waals surface area (Å²) in [5, 5.41) is 2.13. The van der Waals surface area contributed by atoms with E-state index in [1.807, 2.05) is 11.3 Å². The van der Waals surface area contributed by atoms with Gasteiger partial charge in [0.05, 0.1) is 0 Å². The summed E-state index contributed by atoms with van der Waals surface area (Å²) in [6.07, 6.45) is 6.04. The van der Waals surface area contributed by atoms with Gasteiger partial charge in [0.2, 0.25) is 0 Å². The van der Waals surface area contributed by atoms with Crippen LogP contribution in [-0.2, 0) is 6.42 Å². The van der Waals surface area contributed by atoms with E-state index in [9.17, 15) is 0 Å². The smallest absolute Gasteiger partial charge is 0.0315 e. The molecule has 0 amide bonds. The van der Waals surface area contributed by atoms with E-state index in [0.29, 0.717) is 0 Å². The average Bonchev–Trinajstić information content (AvgIpc) is 2.50. The molecule has 2 unspecified atom stereocenters. The lowest BCUT2D eigenvalue weighted by Crippen LogP contribution is -2.45. The minimum Gasteiger partial charge on any atom is -0.325 e. The molecule has 3 heteroatoms. The Balaban J connectivity index is 2.07. The summed E-state index contributed by atoms with van der Waals surface area (Å²) in [6.45, 7) is 2.32. The highest BCUT2D eigenvalue weighted by Gasteiger charge is 2.31. The lowest BCUT2D eigenvalue weighted by molar-refractivity contribution is 0.236. The molecular formula is C12H18BrNS. The summed E-state index contributed by atoms with van der Waals surface area (Å²) in [4.78, 5) is 1.41. The molecule has 0 bridgehead atoms. The van der Waals surface area contributed by atoms with Crippen molar-refractivity contribution in [3.05, 3.63) is 20.8 Å². The second-order valence-electron chi connectivity index (χ2n) is 4.93. The van der Waals surface area contributed by atoms with Gasteiger partial charge in [0.25, 0.3) is 0 Å². The van der Waals surface area contributed by atoms with Gasteiger partial charge in [0.15, 0.2) is 0 Å². The fraction of sp³-hybridized carbons (Fsp3) is 0.667. The van der Waals surface area contributed by atoms with Crippen LogP contribution in [0.4, 0.5) is 0 Å². The monoisotopic (exact) mass is 287 g/mol. The van der Waals surface area contributed by atoms with Crippen LogP contribution in [0, 0.1) is 5.92 Å². The van der Waals surface area contributed by atoms with E-state index in [1.54, 1.807) is 0 Å². The standard InChI is InChI=1S/C12H18BrNS/c1-9-3-2-5-12(14,7-9)8-11-10(13)4-6-15-11/h4,6,9H,2-3,5,7-8,14H2,1H3. The third-order valence-electron chi connectivity index (χ3n) is 3.33. The van der Waals surface area contributed by atoms with Crippen molar-refractivity contribution in [3.8, 4) is 0 Å². The summed E-state index contributed by atoms with van der Waals surface area (Å²) in [5.41, 5.74) is 6.54. The van der Waals surface area contributed by atoms with Crippen LogP contribution in [0.1, 0.15) is 37.5 Å². The summed E-state index contributed by atoms with van der Waals surface area (Å²) in [6, 6.07) is 2.12. The zero-order chi connectivity index (χ0) is 10.9. The molecule has 1 aromatic heterocycles. The van der Waals surface area contributed by atoms with Gasteiger partial charge in [-0.15, -0.1) is 11.3 Å². The zero-order valence-corrected chi connectivity index (χ0v) is 11.5. The van der Waals surface area contributed by atoms with Crippen LogP contribution in [0.15, 0.2) is 15.9 Å². The first-order valence-electron chi connectivity index (χ1n) is 5.60. The number of rotatable bonds is 2. The maximum atomic E-state index is 6.50. The van der Waals surface area contributed by atoms with Crippen molar-refractivity contribution in [2.45, 2.75) is 44.6 Å². The molecule has 2 atom stereocenters. The molecule has 15 heavy (non-hydrogen) atoms. The van der Waals surface area contributed by atoms with Gasteiger partial charge >= 0.3 is 0 Å². The number of halogens is 1. The van der Waals surface area contributed by atoms with E-state index in [0.717, 1.165) is 12.3 Å². The van der Waals surface area contributed by atoms with Gasteiger partial charge in [0, 0.05) is 21.3 Å². The van der Waals surface area contributed by atoms with Crippen molar-refractivity contribution in [1.82, 2.24) is 0 Å². The van der Waals surface area contributed by atoms with E-state index < -0.39 is 0 Å². The molecule has 2 N–H and O–H groups in total. The SMILES string of the molecule is CC1CCCC(N)(Cc2sccc2Br)C1. The molecule has 0 aromatic carbocycles. The molecule has 0 saturated heterocycles. The minimum absolute atomic E-state index is 0.0467. The molecule has 1 saturated carbocycles. The van der Waals surface area contributed by atoms with Crippen LogP contribution < -0.4 is 5.73 Å². The van der Waals surface area contributed by atoms with Crippen LogP contribution in [0.25, 0.3) is 0 Å². The Labute approximate surface area is 104 Å². The first kappa shape index (κ1) is 11.6. The molecule has 1 aliphatic carbocycles. The van der Waals surface area contributed by atoms with Crippen molar-refractivity contribution in [1.29, 1.82) is 0 Å². The second kappa shape index (κ2) is 4.56. The van der Waals surface area contributed by atoms with Gasteiger partial charge < -0.3 is 5.73 Å². The number of hydrogen-bond acceptors (Lipinski definition) is 2. The predicted octanol–water partition coefficient (Wildman–Crippen LogP) is 3.96. The molecule has 1 aromatic rings. The number of thiophene rings is 1.